The van der Waals surface area contributed by atoms with Crippen molar-refractivity contribution in [3.8, 4) is 0 Å². The fraction of sp³-hybridized carbons (Fsp3) is 0.467. The van der Waals surface area contributed by atoms with Gasteiger partial charge in [-0.15, -0.1) is 0 Å². The molecule has 2 rings (SSSR count). The third-order valence-electron chi connectivity index (χ3n) is 3.73. The molecule has 9 nitrogen and oxygen atoms in total. The first-order valence-electron chi connectivity index (χ1n) is 7.84. The van der Waals surface area contributed by atoms with Crippen molar-refractivity contribution in [1.82, 2.24) is 15.5 Å². The van der Waals surface area contributed by atoms with E-state index in [9.17, 15) is 18.0 Å². The van der Waals surface area contributed by atoms with E-state index in [0.717, 1.165) is 13.1 Å². The number of ether oxygens (including phenoxy) is 1. The average Bonchev–Trinajstić information content (AvgIpc) is 2.60. The van der Waals surface area contributed by atoms with Crippen LogP contribution in [-0.4, -0.2) is 64.5 Å². The summed E-state index contributed by atoms with van der Waals surface area (Å²) in [6, 6.07) is 5.74. The predicted octanol–water partition coefficient (Wildman–Crippen LogP) is -1.60. The zero-order valence-electron chi connectivity index (χ0n) is 13.7. The number of carbonyl (C=O) groups is 2. The fourth-order valence-electron chi connectivity index (χ4n) is 2.29. The van der Waals surface area contributed by atoms with E-state index in [0.29, 0.717) is 31.9 Å². The monoisotopic (exact) mass is 370 g/mol. The normalized spacial score (nSPS) is 15.6. The summed E-state index contributed by atoms with van der Waals surface area (Å²) in [5, 5.41) is 10.1. The Kier molecular flexibility index (Phi) is 6.88. The number of hydrogen-bond donors (Lipinski definition) is 3. The first kappa shape index (κ1) is 19.3. The van der Waals surface area contributed by atoms with Crippen LogP contribution in [0.15, 0.2) is 29.2 Å². The van der Waals surface area contributed by atoms with Gasteiger partial charge in [0.15, 0.2) is 0 Å². The van der Waals surface area contributed by atoms with Crippen molar-refractivity contribution >= 4 is 21.8 Å². The van der Waals surface area contributed by atoms with Gasteiger partial charge in [0, 0.05) is 32.7 Å². The third kappa shape index (κ3) is 6.42. The Balaban J connectivity index is 1.71. The molecule has 0 radical (unpaired) electrons. The van der Waals surface area contributed by atoms with E-state index in [2.05, 4.69) is 15.5 Å². The van der Waals surface area contributed by atoms with Gasteiger partial charge in [-0.1, -0.05) is 12.1 Å². The van der Waals surface area contributed by atoms with Crippen LogP contribution in [0.3, 0.4) is 0 Å². The predicted molar refractivity (Wildman–Crippen MR) is 89.9 cm³/mol. The Hall–Kier alpha value is -2.01. The van der Waals surface area contributed by atoms with Gasteiger partial charge in [0.25, 0.3) is 0 Å². The van der Waals surface area contributed by atoms with Crippen LogP contribution in [-0.2, 0) is 30.9 Å². The average molecular weight is 370 g/mol. The number of rotatable bonds is 6. The van der Waals surface area contributed by atoms with Crippen molar-refractivity contribution in [2.24, 2.45) is 5.14 Å². The molecule has 1 aliphatic rings. The van der Waals surface area contributed by atoms with Gasteiger partial charge in [0.2, 0.25) is 10.0 Å². The number of nitrogens with one attached hydrogen (secondary N) is 2. The summed E-state index contributed by atoms with van der Waals surface area (Å²) in [5.74, 6) is -1.44. The van der Waals surface area contributed by atoms with E-state index in [1.54, 1.807) is 0 Å². The highest BCUT2D eigenvalue weighted by molar-refractivity contribution is 7.89. The molecule has 138 valence electrons. The maximum absolute atomic E-state index is 11.8. The van der Waals surface area contributed by atoms with Crippen molar-refractivity contribution in [3.05, 3.63) is 29.8 Å². The first-order chi connectivity index (χ1) is 11.9. The second-order valence-electron chi connectivity index (χ2n) is 5.58. The highest BCUT2D eigenvalue weighted by atomic mass is 32.2. The summed E-state index contributed by atoms with van der Waals surface area (Å²) in [7, 11) is -3.75. The minimum absolute atomic E-state index is 0.0107. The van der Waals surface area contributed by atoms with E-state index in [1.807, 2.05) is 0 Å². The topological polar surface area (TPSA) is 131 Å². The summed E-state index contributed by atoms with van der Waals surface area (Å²) in [6.07, 6.45) is 0. The molecule has 0 atom stereocenters. The lowest BCUT2D eigenvalue weighted by Gasteiger charge is -2.26. The van der Waals surface area contributed by atoms with Crippen molar-refractivity contribution in [2.45, 2.75) is 11.4 Å². The molecule has 0 saturated carbocycles. The molecule has 0 unspecified atom stereocenters. The molecular formula is C15H22N4O5S. The Bertz CT molecular complexity index is 699. The van der Waals surface area contributed by atoms with Crippen LogP contribution < -0.4 is 15.8 Å². The van der Waals surface area contributed by atoms with Crippen LogP contribution in [0.25, 0.3) is 0 Å². The lowest BCUT2D eigenvalue weighted by Crippen LogP contribution is -2.44. The highest BCUT2D eigenvalue weighted by Crippen LogP contribution is 2.08. The number of hydrogen-bond acceptors (Lipinski definition) is 6. The lowest BCUT2D eigenvalue weighted by molar-refractivity contribution is -0.139. The molecule has 0 bridgehead atoms. The Morgan fingerprint density at radius 3 is 2.28 bits per heavy atom. The smallest absolute Gasteiger partial charge is 0.309 e. The Morgan fingerprint density at radius 2 is 1.68 bits per heavy atom. The van der Waals surface area contributed by atoms with Crippen molar-refractivity contribution in [3.63, 3.8) is 0 Å². The van der Waals surface area contributed by atoms with Crippen LogP contribution in [0, 0.1) is 0 Å². The van der Waals surface area contributed by atoms with Crippen molar-refractivity contribution in [2.75, 3.05) is 39.4 Å². The Labute approximate surface area is 146 Å². The number of sulfonamides is 1. The fourth-order valence-corrected chi connectivity index (χ4v) is 2.81. The molecule has 1 aromatic carbocycles. The van der Waals surface area contributed by atoms with Gasteiger partial charge in [-0.3, -0.25) is 14.5 Å². The molecule has 25 heavy (non-hydrogen) atoms. The van der Waals surface area contributed by atoms with Crippen LogP contribution in [0.5, 0.6) is 0 Å². The minimum Gasteiger partial charge on any atom is -0.379 e. The number of benzene rings is 1. The maximum Gasteiger partial charge on any atom is 0.309 e. The number of amides is 2. The summed E-state index contributed by atoms with van der Waals surface area (Å²) < 4.78 is 27.5. The third-order valence-corrected chi connectivity index (χ3v) is 4.66. The number of nitrogens with zero attached hydrogens (tertiary/aromatic N) is 1. The first-order valence-corrected chi connectivity index (χ1v) is 9.39. The molecular weight excluding hydrogens is 348 g/mol. The van der Waals surface area contributed by atoms with E-state index < -0.39 is 21.8 Å². The maximum atomic E-state index is 11.8. The van der Waals surface area contributed by atoms with Gasteiger partial charge in [-0.05, 0) is 17.7 Å². The van der Waals surface area contributed by atoms with Crippen LogP contribution in [0.2, 0.25) is 0 Å². The van der Waals surface area contributed by atoms with Crippen LogP contribution in [0.4, 0.5) is 0 Å². The lowest BCUT2D eigenvalue weighted by atomic mass is 10.2. The molecule has 0 aliphatic carbocycles. The number of primary sulfonamides is 1. The summed E-state index contributed by atoms with van der Waals surface area (Å²) in [4.78, 5) is 25.6. The zero-order chi connectivity index (χ0) is 18.3. The van der Waals surface area contributed by atoms with Gasteiger partial charge < -0.3 is 15.4 Å². The summed E-state index contributed by atoms with van der Waals surface area (Å²) in [5.41, 5.74) is 0.655. The molecule has 1 aromatic rings. The standard InChI is InChI=1S/C15H22N4O5S/c16-25(22,23)13-3-1-12(2-4-13)11-18-15(21)14(20)17-5-6-19-7-9-24-10-8-19/h1-4H,5-11H2,(H,17,20)(H,18,21)(H2,16,22,23). The van der Waals surface area contributed by atoms with E-state index in [4.69, 9.17) is 9.88 Å². The second kappa shape index (κ2) is 8.90. The molecule has 1 fully saturated rings. The second-order valence-corrected chi connectivity index (χ2v) is 7.14. The van der Waals surface area contributed by atoms with Crippen molar-refractivity contribution < 1.29 is 22.7 Å². The van der Waals surface area contributed by atoms with E-state index >= 15 is 0 Å². The molecule has 1 heterocycles. The molecule has 0 aromatic heterocycles. The number of nitrogens with two attached hydrogens (primary N) is 1. The number of carbonyl (C=O) groups excluding carboxylic acids is 2. The summed E-state index contributed by atoms with van der Waals surface area (Å²) >= 11 is 0. The van der Waals surface area contributed by atoms with E-state index in [1.165, 1.54) is 24.3 Å². The molecule has 10 heteroatoms. The minimum atomic E-state index is -3.75. The van der Waals surface area contributed by atoms with Crippen molar-refractivity contribution in [1.29, 1.82) is 0 Å². The van der Waals surface area contributed by atoms with Gasteiger partial charge in [0.05, 0.1) is 18.1 Å². The largest absolute Gasteiger partial charge is 0.379 e. The SMILES string of the molecule is NS(=O)(=O)c1ccc(CNC(=O)C(=O)NCCN2CCOCC2)cc1. The van der Waals surface area contributed by atoms with Gasteiger partial charge in [0.1, 0.15) is 0 Å². The molecule has 2 amide bonds. The molecule has 1 aliphatic heterocycles. The van der Waals surface area contributed by atoms with Crippen LogP contribution in [0.1, 0.15) is 5.56 Å². The zero-order valence-corrected chi connectivity index (χ0v) is 14.5. The van der Waals surface area contributed by atoms with Gasteiger partial charge in [-0.2, -0.15) is 0 Å². The number of morpholine rings is 1. The van der Waals surface area contributed by atoms with Gasteiger partial charge >= 0.3 is 11.8 Å². The van der Waals surface area contributed by atoms with E-state index in [-0.39, 0.29) is 11.4 Å². The Morgan fingerprint density at radius 1 is 1.08 bits per heavy atom. The molecule has 1 saturated heterocycles. The summed E-state index contributed by atoms with van der Waals surface area (Å²) in [6.45, 7) is 4.15. The quantitative estimate of drug-likeness (QED) is 0.517. The highest BCUT2D eigenvalue weighted by Gasteiger charge is 2.14. The molecule has 0 spiro atoms. The van der Waals surface area contributed by atoms with Crippen LogP contribution >= 0.6 is 0 Å². The van der Waals surface area contributed by atoms with Gasteiger partial charge in [-0.25, -0.2) is 13.6 Å². The molecule has 4 N–H and O–H groups in total.